The molecule has 3 atom stereocenters. The van der Waals surface area contributed by atoms with E-state index < -0.39 is 0 Å². The Kier molecular flexibility index (Phi) is 4.14. The van der Waals surface area contributed by atoms with Crippen LogP contribution in [-0.4, -0.2) is 35.6 Å². The highest BCUT2D eigenvalue weighted by Crippen LogP contribution is 2.36. The molecule has 3 unspecified atom stereocenters. The maximum Gasteiger partial charge on any atom is 0.0278 e. The lowest BCUT2D eigenvalue weighted by Gasteiger charge is -2.48. The van der Waals surface area contributed by atoms with E-state index >= 15 is 0 Å². The van der Waals surface area contributed by atoms with E-state index in [1.165, 1.54) is 45.2 Å². The fourth-order valence-corrected chi connectivity index (χ4v) is 3.17. The zero-order valence-electron chi connectivity index (χ0n) is 12.1. The van der Waals surface area contributed by atoms with Gasteiger partial charge in [-0.25, -0.2) is 0 Å². The van der Waals surface area contributed by atoms with Crippen LogP contribution in [0.2, 0.25) is 0 Å². The van der Waals surface area contributed by atoms with Gasteiger partial charge in [0, 0.05) is 30.7 Å². The van der Waals surface area contributed by atoms with Crippen molar-refractivity contribution < 1.29 is 0 Å². The summed E-state index contributed by atoms with van der Waals surface area (Å²) in [5.41, 5.74) is 0.337. The molecule has 1 heterocycles. The largest absolute Gasteiger partial charge is 0.309 e. The maximum atomic E-state index is 3.76. The summed E-state index contributed by atoms with van der Waals surface area (Å²) in [6, 6.07) is 1.53. The highest BCUT2D eigenvalue weighted by atomic mass is 15.3. The molecule has 0 radical (unpaired) electrons. The first-order valence-corrected chi connectivity index (χ1v) is 7.58. The minimum atomic E-state index is 0.337. The van der Waals surface area contributed by atoms with Gasteiger partial charge in [-0.15, -0.1) is 0 Å². The lowest BCUT2D eigenvalue weighted by Crippen LogP contribution is -2.64. The molecule has 1 aliphatic heterocycles. The van der Waals surface area contributed by atoms with Crippen molar-refractivity contribution in [3.05, 3.63) is 0 Å². The second-order valence-electron chi connectivity index (χ2n) is 6.56. The molecule has 2 heteroatoms. The SMILES string of the molecule is CCC1CNC(C)(CC)CN1C(C)CC1CC1. The van der Waals surface area contributed by atoms with Crippen LogP contribution in [0.5, 0.6) is 0 Å². The Labute approximate surface area is 107 Å². The van der Waals surface area contributed by atoms with Crippen LogP contribution >= 0.6 is 0 Å². The normalized spacial score (nSPS) is 37.1. The van der Waals surface area contributed by atoms with Crippen LogP contribution in [0, 0.1) is 5.92 Å². The van der Waals surface area contributed by atoms with Gasteiger partial charge in [-0.1, -0.05) is 26.7 Å². The second-order valence-corrected chi connectivity index (χ2v) is 6.56. The van der Waals surface area contributed by atoms with Gasteiger partial charge >= 0.3 is 0 Å². The molecule has 0 aromatic heterocycles. The Balaban J connectivity index is 1.97. The monoisotopic (exact) mass is 238 g/mol. The number of hydrogen-bond donors (Lipinski definition) is 1. The van der Waals surface area contributed by atoms with Gasteiger partial charge in [0.2, 0.25) is 0 Å². The fraction of sp³-hybridized carbons (Fsp3) is 1.00. The van der Waals surface area contributed by atoms with Gasteiger partial charge < -0.3 is 5.32 Å². The van der Waals surface area contributed by atoms with Gasteiger partial charge in [0.25, 0.3) is 0 Å². The van der Waals surface area contributed by atoms with Gasteiger partial charge in [0.1, 0.15) is 0 Å². The van der Waals surface area contributed by atoms with E-state index in [0.29, 0.717) is 5.54 Å². The standard InChI is InChI=1S/C15H30N2/c1-5-14-10-16-15(4,6-2)11-17(14)12(3)9-13-7-8-13/h12-14,16H,5-11H2,1-4H3. The Morgan fingerprint density at radius 2 is 2.06 bits per heavy atom. The van der Waals surface area contributed by atoms with Gasteiger partial charge in [0.15, 0.2) is 0 Å². The van der Waals surface area contributed by atoms with E-state index in [-0.39, 0.29) is 0 Å². The first-order chi connectivity index (χ1) is 8.08. The van der Waals surface area contributed by atoms with Gasteiger partial charge in [0.05, 0.1) is 0 Å². The minimum Gasteiger partial charge on any atom is -0.309 e. The third kappa shape index (κ3) is 3.23. The molecule has 1 saturated carbocycles. The van der Waals surface area contributed by atoms with Crippen molar-refractivity contribution in [1.82, 2.24) is 10.2 Å². The third-order valence-electron chi connectivity index (χ3n) is 4.95. The molecule has 1 saturated heterocycles. The Hall–Kier alpha value is -0.0800. The van der Waals surface area contributed by atoms with Crippen molar-refractivity contribution in [2.24, 2.45) is 5.92 Å². The summed E-state index contributed by atoms with van der Waals surface area (Å²) < 4.78 is 0. The van der Waals surface area contributed by atoms with Crippen molar-refractivity contribution >= 4 is 0 Å². The van der Waals surface area contributed by atoms with E-state index in [4.69, 9.17) is 0 Å². The number of nitrogens with one attached hydrogen (secondary N) is 1. The van der Waals surface area contributed by atoms with E-state index in [9.17, 15) is 0 Å². The second kappa shape index (κ2) is 5.27. The molecule has 100 valence electrons. The van der Waals surface area contributed by atoms with Crippen molar-refractivity contribution in [2.45, 2.75) is 77.4 Å². The zero-order valence-corrected chi connectivity index (χ0v) is 12.1. The van der Waals surface area contributed by atoms with Crippen LogP contribution in [-0.2, 0) is 0 Å². The highest BCUT2D eigenvalue weighted by molar-refractivity contribution is 4.96. The molecule has 1 N–H and O–H groups in total. The minimum absolute atomic E-state index is 0.337. The number of hydrogen-bond acceptors (Lipinski definition) is 2. The number of piperazine rings is 1. The summed E-state index contributed by atoms with van der Waals surface area (Å²) in [7, 11) is 0. The van der Waals surface area contributed by atoms with Crippen molar-refractivity contribution in [3.8, 4) is 0 Å². The topological polar surface area (TPSA) is 15.3 Å². The molecule has 2 fully saturated rings. The van der Waals surface area contributed by atoms with Crippen molar-refractivity contribution in [1.29, 1.82) is 0 Å². The molecule has 2 rings (SSSR count). The maximum absolute atomic E-state index is 3.76. The molecule has 17 heavy (non-hydrogen) atoms. The van der Waals surface area contributed by atoms with Crippen LogP contribution in [0.25, 0.3) is 0 Å². The van der Waals surface area contributed by atoms with E-state index in [1.54, 1.807) is 0 Å². The van der Waals surface area contributed by atoms with Crippen molar-refractivity contribution in [2.75, 3.05) is 13.1 Å². The van der Waals surface area contributed by atoms with Crippen LogP contribution in [0.15, 0.2) is 0 Å². The van der Waals surface area contributed by atoms with E-state index in [0.717, 1.165) is 18.0 Å². The summed E-state index contributed by atoms with van der Waals surface area (Å²) in [5.74, 6) is 1.05. The number of rotatable bonds is 5. The zero-order chi connectivity index (χ0) is 12.5. The molecule has 0 aromatic rings. The summed E-state index contributed by atoms with van der Waals surface area (Å²) in [4.78, 5) is 2.79. The van der Waals surface area contributed by atoms with Gasteiger partial charge in [-0.05, 0) is 39.0 Å². The van der Waals surface area contributed by atoms with Gasteiger partial charge in [-0.3, -0.25) is 4.90 Å². The van der Waals surface area contributed by atoms with E-state index in [1.807, 2.05) is 0 Å². The summed E-state index contributed by atoms with van der Waals surface area (Å²) in [6.07, 6.45) is 6.91. The predicted molar refractivity (Wildman–Crippen MR) is 74.3 cm³/mol. The Morgan fingerprint density at radius 3 is 2.59 bits per heavy atom. The summed E-state index contributed by atoms with van der Waals surface area (Å²) in [6.45, 7) is 11.9. The van der Waals surface area contributed by atoms with Crippen molar-refractivity contribution in [3.63, 3.8) is 0 Å². The lowest BCUT2D eigenvalue weighted by atomic mass is 9.91. The predicted octanol–water partition coefficient (Wildman–Crippen LogP) is 3.03. The van der Waals surface area contributed by atoms with Crippen LogP contribution < -0.4 is 5.32 Å². The summed E-state index contributed by atoms with van der Waals surface area (Å²) >= 11 is 0. The Morgan fingerprint density at radius 1 is 1.35 bits per heavy atom. The third-order valence-corrected chi connectivity index (χ3v) is 4.95. The molecule has 0 aromatic carbocycles. The van der Waals surface area contributed by atoms with Crippen LogP contribution in [0.1, 0.15) is 59.8 Å². The molecule has 2 nitrogen and oxygen atoms in total. The quantitative estimate of drug-likeness (QED) is 0.792. The fourth-order valence-electron chi connectivity index (χ4n) is 3.17. The molecule has 1 aliphatic carbocycles. The lowest BCUT2D eigenvalue weighted by molar-refractivity contribution is 0.0448. The first kappa shape index (κ1) is 13.4. The molecular formula is C15H30N2. The van der Waals surface area contributed by atoms with Crippen LogP contribution in [0.4, 0.5) is 0 Å². The molecule has 0 amide bonds. The Bertz CT molecular complexity index is 249. The van der Waals surface area contributed by atoms with Crippen LogP contribution in [0.3, 0.4) is 0 Å². The first-order valence-electron chi connectivity index (χ1n) is 7.58. The number of nitrogens with zero attached hydrogens (tertiary/aromatic N) is 1. The molecule has 2 aliphatic rings. The van der Waals surface area contributed by atoms with Gasteiger partial charge in [-0.2, -0.15) is 0 Å². The molecule has 0 spiro atoms. The smallest absolute Gasteiger partial charge is 0.0278 e. The molecule has 0 bridgehead atoms. The average Bonchev–Trinajstić information content (AvgIpc) is 3.13. The average molecular weight is 238 g/mol. The van der Waals surface area contributed by atoms with E-state index in [2.05, 4.69) is 37.9 Å². The summed E-state index contributed by atoms with van der Waals surface area (Å²) in [5, 5.41) is 3.76. The molecular weight excluding hydrogens is 208 g/mol. The highest BCUT2D eigenvalue weighted by Gasteiger charge is 2.37.